The maximum atomic E-state index is 12.5. The molecule has 1 rings (SSSR count). The van der Waals surface area contributed by atoms with Crippen LogP contribution in [0, 0.1) is 6.92 Å². The molecular weight excluding hydrogens is 288 g/mol. The van der Waals surface area contributed by atoms with Gasteiger partial charge in [-0.15, -0.1) is 0 Å². The van der Waals surface area contributed by atoms with E-state index in [1.54, 1.807) is 11.8 Å². The second kappa shape index (κ2) is 8.14. The smallest absolute Gasteiger partial charge is 0.242 e. The molecule has 4 heteroatoms. The summed E-state index contributed by atoms with van der Waals surface area (Å²) < 4.78 is 0. The largest absolute Gasteiger partial charge is 0.350 e. The summed E-state index contributed by atoms with van der Waals surface area (Å²) in [6.45, 7) is 12.1. The SMILES string of the molecule is CCCC(=O)N(Cc1ccccc1C)[C@H](C)C(=O)NC(C)(C)C. The number of rotatable bonds is 6. The van der Waals surface area contributed by atoms with Crippen molar-refractivity contribution in [1.82, 2.24) is 10.2 Å². The maximum absolute atomic E-state index is 12.5. The molecule has 1 atom stereocenters. The first-order chi connectivity index (χ1) is 10.7. The van der Waals surface area contributed by atoms with Gasteiger partial charge in [-0.25, -0.2) is 0 Å². The lowest BCUT2D eigenvalue weighted by Gasteiger charge is -2.31. The third kappa shape index (κ3) is 6.05. The summed E-state index contributed by atoms with van der Waals surface area (Å²) in [6, 6.07) is 7.48. The quantitative estimate of drug-likeness (QED) is 0.873. The average molecular weight is 318 g/mol. The topological polar surface area (TPSA) is 49.4 Å². The lowest BCUT2D eigenvalue weighted by molar-refractivity contribution is -0.141. The third-order valence-electron chi connectivity index (χ3n) is 3.73. The Labute approximate surface area is 140 Å². The van der Waals surface area contributed by atoms with Crippen molar-refractivity contribution in [2.45, 2.75) is 72.5 Å². The Morgan fingerprint density at radius 1 is 1.22 bits per heavy atom. The molecule has 0 aliphatic rings. The monoisotopic (exact) mass is 318 g/mol. The van der Waals surface area contributed by atoms with E-state index in [2.05, 4.69) is 5.32 Å². The standard InChI is InChI=1S/C19H30N2O2/c1-7-10-17(22)21(13-16-12-9-8-11-14(16)2)15(3)18(23)20-19(4,5)6/h8-9,11-12,15H,7,10,13H2,1-6H3,(H,20,23)/t15-/m1/s1. The number of carbonyl (C=O) groups excluding carboxylic acids is 2. The predicted molar refractivity (Wildman–Crippen MR) is 94.0 cm³/mol. The molecule has 0 bridgehead atoms. The Kier molecular flexibility index (Phi) is 6.79. The van der Waals surface area contributed by atoms with E-state index in [1.807, 2.05) is 58.9 Å². The molecule has 0 unspecified atom stereocenters. The van der Waals surface area contributed by atoms with Gasteiger partial charge >= 0.3 is 0 Å². The van der Waals surface area contributed by atoms with Gasteiger partial charge in [0.25, 0.3) is 0 Å². The van der Waals surface area contributed by atoms with Crippen molar-refractivity contribution < 1.29 is 9.59 Å². The Bertz CT molecular complexity index is 547. The highest BCUT2D eigenvalue weighted by Gasteiger charge is 2.28. The number of benzene rings is 1. The minimum absolute atomic E-state index is 0.0207. The van der Waals surface area contributed by atoms with Crippen LogP contribution in [-0.4, -0.2) is 28.3 Å². The highest BCUT2D eigenvalue weighted by molar-refractivity contribution is 5.87. The van der Waals surface area contributed by atoms with Crippen molar-refractivity contribution in [3.8, 4) is 0 Å². The van der Waals surface area contributed by atoms with Gasteiger partial charge in [-0.2, -0.15) is 0 Å². The van der Waals surface area contributed by atoms with E-state index in [0.717, 1.165) is 17.5 Å². The number of hydrogen-bond donors (Lipinski definition) is 1. The van der Waals surface area contributed by atoms with Crippen molar-refractivity contribution in [2.75, 3.05) is 0 Å². The summed E-state index contributed by atoms with van der Waals surface area (Å²) in [4.78, 5) is 26.7. The molecule has 0 aliphatic heterocycles. The molecule has 2 amide bonds. The molecule has 0 saturated heterocycles. The van der Waals surface area contributed by atoms with Gasteiger partial charge in [0, 0.05) is 18.5 Å². The second-order valence-electron chi connectivity index (χ2n) is 7.11. The molecule has 128 valence electrons. The van der Waals surface area contributed by atoms with Crippen LogP contribution in [0.2, 0.25) is 0 Å². The summed E-state index contributed by atoms with van der Waals surface area (Å²) in [5, 5.41) is 2.96. The third-order valence-corrected chi connectivity index (χ3v) is 3.73. The maximum Gasteiger partial charge on any atom is 0.242 e. The molecule has 0 radical (unpaired) electrons. The number of nitrogens with one attached hydrogen (secondary N) is 1. The fourth-order valence-electron chi connectivity index (χ4n) is 2.39. The van der Waals surface area contributed by atoms with Gasteiger partial charge in [0.05, 0.1) is 0 Å². The molecule has 23 heavy (non-hydrogen) atoms. The number of nitrogens with zero attached hydrogens (tertiary/aromatic N) is 1. The molecule has 0 fully saturated rings. The number of aryl methyl sites for hydroxylation is 1. The van der Waals surface area contributed by atoms with E-state index in [4.69, 9.17) is 0 Å². The van der Waals surface area contributed by atoms with Crippen LogP contribution in [0.5, 0.6) is 0 Å². The van der Waals surface area contributed by atoms with Gasteiger partial charge in [-0.1, -0.05) is 31.2 Å². The molecule has 0 spiro atoms. The van der Waals surface area contributed by atoms with Crippen LogP contribution in [-0.2, 0) is 16.1 Å². The molecule has 4 nitrogen and oxygen atoms in total. The number of amides is 2. The van der Waals surface area contributed by atoms with E-state index >= 15 is 0 Å². The highest BCUT2D eigenvalue weighted by atomic mass is 16.2. The van der Waals surface area contributed by atoms with Crippen LogP contribution in [0.3, 0.4) is 0 Å². The lowest BCUT2D eigenvalue weighted by Crippen LogP contribution is -2.52. The van der Waals surface area contributed by atoms with Crippen LogP contribution in [0.4, 0.5) is 0 Å². The summed E-state index contributed by atoms with van der Waals surface area (Å²) >= 11 is 0. The fourth-order valence-corrected chi connectivity index (χ4v) is 2.39. The van der Waals surface area contributed by atoms with E-state index in [0.29, 0.717) is 13.0 Å². The normalized spacial score (nSPS) is 12.6. The van der Waals surface area contributed by atoms with Crippen molar-refractivity contribution in [1.29, 1.82) is 0 Å². The van der Waals surface area contributed by atoms with E-state index in [1.165, 1.54) is 0 Å². The number of hydrogen-bond acceptors (Lipinski definition) is 2. The van der Waals surface area contributed by atoms with Crippen LogP contribution >= 0.6 is 0 Å². The number of carbonyl (C=O) groups is 2. The van der Waals surface area contributed by atoms with Gasteiger partial charge in [0.1, 0.15) is 6.04 Å². The molecule has 1 N–H and O–H groups in total. The van der Waals surface area contributed by atoms with E-state index in [-0.39, 0.29) is 17.4 Å². The van der Waals surface area contributed by atoms with Gasteiger partial charge < -0.3 is 10.2 Å². The van der Waals surface area contributed by atoms with Crippen LogP contribution in [0.25, 0.3) is 0 Å². The summed E-state index contributed by atoms with van der Waals surface area (Å²) in [5.74, 6) is -0.0946. The second-order valence-corrected chi connectivity index (χ2v) is 7.11. The molecule has 1 aromatic carbocycles. The van der Waals surface area contributed by atoms with Crippen LogP contribution in [0.15, 0.2) is 24.3 Å². The molecule has 0 heterocycles. The zero-order chi connectivity index (χ0) is 17.6. The molecule has 1 aromatic rings. The minimum Gasteiger partial charge on any atom is -0.350 e. The Balaban J connectivity index is 2.98. The Morgan fingerprint density at radius 3 is 2.35 bits per heavy atom. The Hall–Kier alpha value is -1.84. The molecule has 0 aliphatic carbocycles. The van der Waals surface area contributed by atoms with Crippen molar-refractivity contribution >= 4 is 11.8 Å². The van der Waals surface area contributed by atoms with Crippen molar-refractivity contribution in [3.63, 3.8) is 0 Å². The van der Waals surface area contributed by atoms with E-state index < -0.39 is 6.04 Å². The van der Waals surface area contributed by atoms with E-state index in [9.17, 15) is 9.59 Å². The summed E-state index contributed by atoms with van der Waals surface area (Å²) in [6.07, 6.45) is 1.23. The summed E-state index contributed by atoms with van der Waals surface area (Å²) in [7, 11) is 0. The zero-order valence-electron chi connectivity index (χ0n) is 15.3. The van der Waals surface area contributed by atoms with Crippen LogP contribution in [0.1, 0.15) is 58.6 Å². The van der Waals surface area contributed by atoms with Gasteiger partial charge in [-0.3, -0.25) is 9.59 Å². The molecule has 0 aromatic heterocycles. The molecule has 0 saturated carbocycles. The Morgan fingerprint density at radius 2 is 1.83 bits per heavy atom. The lowest BCUT2D eigenvalue weighted by atomic mass is 10.1. The van der Waals surface area contributed by atoms with Gasteiger partial charge in [-0.05, 0) is 52.2 Å². The highest BCUT2D eigenvalue weighted by Crippen LogP contribution is 2.15. The minimum atomic E-state index is -0.493. The fraction of sp³-hybridized carbons (Fsp3) is 0.579. The molecular formula is C19H30N2O2. The predicted octanol–water partition coefficient (Wildman–Crippen LogP) is 3.43. The van der Waals surface area contributed by atoms with Gasteiger partial charge in [0.15, 0.2) is 0 Å². The summed E-state index contributed by atoms with van der Waals surface area (Å²) in [5.41, 5.74) is 1.89. The first-order valence-corrected chi connectivity index (χ1v) is 8.31. The van der Waals surface area contributed by atoms with Crippen LogP contribution < -0.4 is 5.32 Å². The van der Waals surface area contributed by atoms with Gasteiger partial charge in [0.2, 0.25) is 11.8 Å². The van der Waals surface area contributed by atoms with Crippen molar-refractivity contribution in [2.24, 2.45) is 0 Å². The first-order valence-electron chi connectivity index (χ1n) is 8.31. The zero-order valence-corrected chi connectivity index (χ0v) is 15.3. The average Bonchev–Trinajstić information content (AvgIpc) is 2.44. The first kappa shape index (κ1) is 19.2. The van der Waals surface area contributed by atoms with Crippen molar-refractivity contribution in [3.05, 3.63) is 35.4 Å².